The number of nitrogens with one attached hydrogen (secondary N) is 1. The molecule has 0 bridgehead atoms. The van der Waals surface area contributed by atoms with Gasteiger partial charge in [0.2, 0.25) is 0 Å². The minimum Gasteiger partial charge on any atom is -0.450 e. The number of piperidine rings is 1. The molecule has 156 valence electrons. The fraction of sp³-hybridized carbons (Fsp3) is 0.333. The molecule has 3 aromatic rings. The zero-order chi connectivity index (χ0) is 21.1. The van der Waals surface area contributed by atoms with E-state index in [1.807, 2.05) is 6.07 Å². The van der Waals surface area contributed by atoms with Gasteiger partial charge in [-0.25, -0.2) is 19.2 Å². The smallest absolute Gasteiger partial charge is 0.409 e. The van der Waals surface area contributed by atoms with Crippen LogP contribution in [0.15, 0.2) is 42.9 Å². The van der Waals surface area contributed by atoms with E-state index in [0.717, 1.165) is 29.8 Å². The van der Waals surface area contributed by atoms with Gasteiger partial charge in [-0.3, -0.25) is 0 Å². The first-order chi connectivity index (χ1) is 14.6. The molecule has 7 nitrogen and oxygen atoms in total. The normalized spacial score (nSPS) is 14.7. The van der Waals surface area contributed by atoms with Crippen molar-refractivity contribution in [1.29, 1.82) is 0 Å². The van der Waals surface area contributed by atoms with Crippen LogP contribution in [0, 0.1) is 10.6 Å². The van der Waals surface area contributed by atoms with Crippen molar-refractivity contribution in [2.24, 2.45) is 0 Å². The standard InChI is InChI=1S/C21H22FN5O2S/c1-2-29-21(28)26-11-8-16(9-12-26)27-13-24-18(14-3-5-15(22)6-4-14)19(27)17-7-10-23-20(30)25-17/h3-7,10,13,16H,2,8-9,11-12H2,1H3,(H,23,25,30). The lowest BCUT2D eigenvalue weighted by molar-refractivity contribution is 0.0928. The molecule has 2 aromatic heterocycles. The van der Waals surface area contributed by atoms with Crippen molar-refractivity contribution in [1.82, 2.24) is 24.4 Å². The summed E-state index contributed by atoms with van der Waals surface area (Å²) in [5, 5.41) is 0. The Kier molecular flexibility index (Phi) is 5.89. The Hall–Kier alpha value is -3.07. The third-order valence-corrected chi connectivity index (χ3v) is 5.42. The zero-order valence-electron chi connectivity index (χ0n) is 16.5. The van der Waals surface area contributed by atoms with Crippen LogP contribution in [-0.4, -0.2) is 50.2 Å². The third kappa shape index (κ3) is 4.11. The minimum atomic E-state index is -0.300. The van der Waals surface area contributed by atoms with Gasteiger partial charge in [0.1, 0.15) is 5.82 Å². The molecular formula is C21H22FN5O2S. The van der Waals surface area contributed by atoms with Crippen molar-refractivity contribution in [3.63, 3.8) is 0 Å². The van der Waals surface area contributed by atoms with E-state index < -0.39 is 0 Å². The average Bonchev–Trinajstić information content (AvgIpc) is 3.20. The maximum Gasteiger partial charge on any atom is 0.409 e. The van der Waals surface area contributed by atoms with E-state index >= 15 is 0 Å². The van der Waals surface area contributed by atoms with Crippen molar-refractivity contribution in [3.8, 4) is 22.6 Å². The number of carbonyl (C=O) groups excluding carboxylic acids is 1. The highest BCUT2D eigenvalue weighted by molar-refractivity contribution is 7.71. The van der Waals surface area contributed by atoms with Gasteiger partial charge in [-0.15, -0.1) is 0 Å². The average molecular weight is 428 g/mol. The Morgan fingerprint density at radius 3 is 2.67 bits per heavy atom. The molecule has 1 amide bonds. The van der Waals surface area contributed by atoms with Crippen molar-refractivity contribution >= 4 is 18.3 Å². The van der Waals surface area contributed by atoms with Gasteiger partial charge in [-0.1, -0.05) is 0 Å². The highest BCUT2D eigenvalue weighted by atomic mass is 32.1. The van der Waals surface area contributed by atoms with Crippen LogP contribution in [0.1, 0.15) is 25.8 Å². The lowest BCUT2D eigenvalue weighted by atomic mass is 10.0. The summed E-state index contributed by atoms with van der Waals surface area (Å²) in [5.74, 6) is -0.300. The van der Waals surface area contributed by atoms with E-state index in [4.69, 9.17) is 17.0 Å². The van der Waals surface area contributed by atoms with Crippen LogP contribution in [0.25, 0.3) is 22.6 Å². The molecule has 1 saturated heterocycles. The molecule has 1 aliphatic rings. The summed E-state index contributed by atoms with van der Waals surface area (Å²) in [7, 11) is 0. The molecule has 1 N–H and O–H groups in total. The Balaban J connectivity index is 1.70. The fourth-order valence-corrected chi connectivity index (χ4v) is 3.92. The van der Waals surface area contributed by atoms with Crippen LogP contribution in [0.2, 0.25) is 0 Å². The number of ether oxygens (including phenoxy) is 1. The molecule has 1 aromatic carbocycles. The number of benzene rings is 1. The monoisotopic (exact) mass is 427 g/mol. The number of likely N-dealkylation sites (tertiary alicyclic amines) is 1. The predicted molar refractivity (Wildman–Crippen MR) is 113 cm³/mol. The number of aromatic nitrogens is 4. The number of hydrogen-bond acceptors (Lipinski definition) is 5. The van der Waals surface area contributed by atoms with Crippen molar-refractivity contribution in [3.05, 3.63) is 53.4 Å². The van der Waals surface area contributed by atoms with Gasteiger partial charge < -0.3 is 19.2 Å². The van der Waals surface area contributed by atoms with Crippen molar-refractivity contribution in [2.45, 2.75) is 25.8 Å². The lowest BCUT2D eigenvalue weighted by Crippen LogP contribution is -2.39. The highest BCUT2D eigenvalue weighted by Crippen LogP contribution is 2.35. The second kappa shape index (κ2) is 8.74. The van der Waals surface area contributed by atoms with Crippen LogP contribution in [-0.2, 0) is 4.74 Å². The second-order valence-corrected chi connectivity index (χ2v) is 7.44. The van der Waals surface area contributed by atoms with Crippen LogP contribution in [0.3, 0.4) is 0 Å². The van der Waals surface area contributed by atoms with Gasteiger partial charge in [-0.05, 0) is 62.3 Å². The maximum atomic E-state index is 13.4. The van der Waals surface area contributed by atoms with E-state index in [9.17, 15) is 9.18 Å². The SMILES string of the molecule is CCOC(=O)N1CCC(n2cnc(-c3ccc(F)cc3)c2-c2cc[nH]c(=S)n2)CC1. The molecule has 4 rings (SSSR count). The van der Waals surface area contributed by atoms with Crippen LogP contribution in [0.4, 0.5) is 9.18 Å². The van der Waals surface area contributed by atoms with Gasteiger partial charge >= 0.3 is 6.09 Å². The lowest BCUT2D eigenvalue weighted by Gasteiger charge is -2.32. The zero-order valence-corrected chi connectivity index (χ0v) is 17.4. The van der Waals surface area contributed by atoms with Gasteiger partial charge in [0.15, 0.2) is 4.77 Å². The van der Waals surface area contributed by atoms with Gasteiger partial charge in [0.05, 0.1) is 30.0 Å². The Morgan fingerprint density at radius 2 is 2.00 bits per heavy atom. The summed E-state index contributed by atoms with van der Waals surface area (Å²) in [4.78, 5) is 25.8. The molecule has 9 heteroatoms. The molecule has 0 radical (unpaired) electrons. The van der Waals surface area contributed by atoms with E-state index in [-0.39, 0.29) is 18.0 Å². The minimum absolute atomic E-state index is 0.145. The third-order valence-electron chi connectivity index (χ3n) is 5.21. The predicted octanol–water partition coefficient (Wildman–Crippen LogP) is 4.60. The molecule has 0 saturated carbocycles. The number of imidazole rings is 1. The summed E-state index contributed by atoms with van der Waals surface area (Å²) in [6.45, 7) is 3.38. The van der Waals surface area contributed by atoms with Gasteiger partial charge in [0.25, 0.3) is 0 Å². The molecule has 0 aliphatic carbocycles. The molecule has 3 heterocycles. The number of amides is 1. The first-order valence-electron chi connectivity index (χ1n) is 9.87. The van der Waals surface area contributed by atoms with Crippen molar-refractivity contribution < 1.29 is 13.9 Å². The first-order valence-corrected chi connectivity index (χ1v) is 10.3. The number of rotatable bonds is 4. The Bertz CT molecular complexity index is 1090. The summed E-state index contributed by atoms with van der Waals surface area (Å²) in [5.41, 5.74) is 3.05. The van der Waals surface area contributed by atoms with Crippen LogP contribution < -0.4 is 0 Å². The molecule has 1 fully saturated rings. The quantitative estimate of drug-likeness (QED) is 0.616. The topological polar surface area (TPSA) is 76.0 Å². The van der Waals surface area contributed by atoms with Crippen molar-refractivity contribution in [2.75, 3.05) is 19.7 Å². The largest absolute Gasteiger partial charge is 0.450 e. The summed E-state index contributed by atoms with van der Waals surface area (Å²) in [6.07, 6.45) is 4.81. The highest BCUT2D eigenvalue weighted by Gasteiger charge is 2.28. The number of carbonyl (C=O) groups is 1. The number of nitrogens with zero attached hydrogens (tertiary/aromatic N) is 4. The molecule has 30 heavy (non-hydrogen) atoms. The second-order valence-electron chi connectivity index (χ2n) is 7.05. The summed E-state index contributed by atoms with van der Waals surface area (Å²) in [6, 6.07) is 8.25. The summed E-state index contributed by atoms with van der Waals surface area (Å²) >= 11 is 5.22. The molecule has 1 aliphatic heterocycles. The van der Waals surface area contributed by atoms with E-state index in [1.54, 1.807) is 36.5 Å². The Morgan fingerprint density at radius 1 is 1.27 bits per heavy atom. The van der Waals surface area contributed by atoms with E-state index in [0.29, 0.717) is 30.2 Å². The number of halogens is 1. The number of H-pyrrole nitrogens is 1. The number of aromatic amines is 1. The summed E-state index contributed by atoms with van der Waals surface area (Å²) < 4.78 is 21.0. The van der Waals surface area contributed by atoms with Crippen LogP contribution in [0.5, 0.6) is 0 Å². The molecule has 0 unspecified atom stereocenters. The van der Waals surface area contributed by atoms with Gasteiger partial charge in [-0.2, -0.15) is 0 Å². The maximum absolute atomic E-state index is 13.4. The first kappa shape index (κ1) is 20.2. The Labute approximate surface area is 178 Å². The fourth-order valence-electron chi connectivity index (χ4n) is 3.75. The molecule has 0 spiro atoms. The van der Waals surface area contributed by atoms with Gasteiger partial charge in [0, 0.05) is 30.9 Å². The van der Waals surface area contributed by atoms with E-state index in [1.165, 1.54) is 12.1 Å². The molecule has 0 atom stereocenters. The van der Waals surface area contributed by atoms with E-state index in [2.05, 4.69) is 19.5 Å². The molecular weight excluding hydrogens is 405 g/mol. The van der Waals surface area contributed by atoms with Crippen LogP contribution >= 0.6 is 12.2 Å². The number of hydrogen-bond donors (Lipinski definition) is 1.